The normalized spacial score (nSPS) is 26.1. The van der Waals surface area contributed by atoms with Gasteiger partial charge in [-0.1, -0.05) is 0 Å². The number of aliphatic carboxylic acids is 2. The Hall–Kier alpha value is -1.18. The molecule has 1 aliphatic rings. The van der Waals surface area contributed by atoms with Crippen LogP contribution in [0.3, 0.4) is 0 Å². The molecule has 5 N–H and O–H groups in total. The number of nitrogens with zero attached hydrogens (tertiary/aromatic N) is 1. The van der Waals surface area contributed by atoms with Crippen LogP contribution in [0.25, 0.3) is 0 Å². The van der Waals surface area contributed by atoms with Crippen molar-refractivity contribution in [3.05, 3.63) is 0 Å². The summed E-state index contributed by atoms with van der Waals surface area (Å²) in [6.07, 6.45) is -0.440. The van der Waals surface area contributed by atoms with E-state index in [9.17, 15) is 14.7 Å². The zero-order valence-corrected chi connectivity index (χ0v) is 8.04. The Kier molecular flexibility index (Phi) is 3.61. The van der Waals surface area contributed by atoms with Crippen molar-refractivity contribution in [2.75, 3.05) is 6.54 Å². The summed E-state index contributed by atoms with van der Waals surface area (Å²) in [5, 5.41) is 27.0. The topological polar surface area (TPSA) is 124 Å². The fourth-order valence-corrected chi connectivity index (χ4v) is 1.70. The molecule has 1 aliphatic heterocycles. The van der Waals surface area contributed by atoms with Crippen LogP contribution in [-0.4, -0.2) is 57.0 Å². The number of hydrogen-bond acceptors (Lipinski definition) is 5. The molecule has 0 saturated carbocycles. The van der Waals surface area contributed by atoms with Gasteiger partial charge in [0, 0.05) is 6.54 Å². The van der Waals surface area contributed by atoms with Gasteiger partial charge in [0.05, 0.1) is 0 Å². The average Bonchev–Trinajstić information content (AvgIpc) is 2.63. The van der Waals surface area contributed by atoms with Gasteiger partial charge < -0.3 is 21.1 Å². The fourth-order valence-electron chi connectivity index (χ4n) is 1.70. The molecule has 1 fully saturated rings. The Balaban J connectivity index is 2.70. The number of hydrogen-bond donors (Lipinski definition) is 4. The van der Waals surface area contributed by atoms with Gasteiger partial charge in [-0.2, -0.15) is 0 Å². The lowest BCUT2D eigenvalue weighted by Crippen LogP contribution is -2.54. The van der Waals surface area contributed by atoms with Gasteiger partial charge in [-0.3, -0.25) is 14.5 Å². The van der Waals surface area contributed by atoms with Crippen molar-refractivity contribution in [1.29, 1.82) is 0 Å². The minimum Gasteiger partial charge on any atom is -0.480 e. The van der Waals surface area contributed by atoms with Crippen LogP contribution in [0.5, 0.6) is 0 Å². The van der Waals surface area contributed by atoms with Crippen molar-refractivity contribution in [3.8, 4) is 0 Å². The maximum absolute atomic E-state index is 10.8. The summed E-state index contributed by atoms with van der Waals surface area (Å²) < 4.78 is 0. The molecule has 86 valence electrons. The molecule has 1 heterocycles. The van der Waals surface area contributed by atoms with Gasteiger partial charge in [-0.05, 0) is 12.8 Å². The summed E-state index contributed by atoms with van der Waals surface area (Å²) in [5.74, 6) is -2.41. The van der Waals surface area contributed by atoms with E-state index in [-0.39, 0.29) is 0 Å². The van der Waals surface area contributed by atoms with Crippen molar-refractivity contribution in [2.24, 2.45) is 5.73 Å². The van der Waals surface area contributed by atoms with Gasteiger partial charge in [-0.25, -0.2) is 0 Å². The van der Waals surface area contributed by atoms with Crippen molar-refractivity contribution in [2.45, 2.75) is 31.2 Å². The lowest BCUT2D eigenvalue weighted by molar-refractivity contribution is -0.153. The summed E-state index contributed by atoms with van der Waals surface area (Å²) in [5.41, 5.74) is 5.22. The molecule has 0 aliphatic carbocycles. The highest BCUT2D eigenvalue weighted by atomic mass is 16.4. The number of rotatable bonds is 4. The second-order valence-corrected chi connectivity index (χ2v) is 3.51. The van der Waals surface area contributed by atoms with Crippen LogP contribution in [0.1, 0.15) is 12.8 Å². The third-order valence-corrected chi connectivity index (χ3v) is 2.53. The van der Waals surface area contributed by atoms with E-state index in [1.165, 1.54) is 4.90 Å². The number of carboxylic acid groups (broad SMARTS) is 2. The van der Waals surface area contributed by atoms with E-state index in [1.807, 2.05) is 0 Å². The number of aliphatic hydroxyl groups excluding tert-OH is 1. The van der Waals surface area contributed by atoms with Crippen LogP contribution in [0, 0.1) is 0 Å². The van der Waals surface area contributed by atoms with Crippen LogP contribution in [0.15, 0.2) is 0 Å². The lowest BCUT2D eigenvalue weighted by atomic mass is 10.2. The summed E-state index contributed by atoms with van der Waals surface area (Å²) >= 11 is 0. The first-order valence-corrected chi connectivity index (χ1v) is 4.60. The molecule has 3 atom stereocenters. The van der Waals surface area contributed by atoms with E-state index in [0.29, 0.717) is 19.4 Å². The molecule has 0 bridgehead atoms. The maximum Gasteiger partial charge on any atom is 0.324 e. The second-order valence-electron chi connectivity index (χ2n) is 3.51. The molecule has 0 aromatic rings. The van der Waals surface area contributed by atoms with Crippen LogP contribution < -0.4 is 5.73 Å². The van der Waals surface area contributed by atoms with E-state index in [1.54, 1.807) is 0 Å². The molecule has 7 nitrogen and oxygen atoms in total. The van der Waals surface area contributed by atoms with Gasteiger partial charge in [0.15, 0.2) is 0 Å². The Morgan fingerprint density at radius 3 is 2.47 bits per heavy atom. The van der Waals surface area contributed by atoms with Gasteiger partial charge in [0.1, 0.15) is 18.3 Å². The van der Waals surface area contributed by atoms with E-state index >= 15 is 0 Å². The molecule has 0 spiro atoms. The highest BCUT2D eigenvalue weighted by Crippen LogP contribution is 2.20. The molecule has 1 rings (SSSR count). The van der Waals surface area contributed by atoms with Gasteiger partial charge in [0.2, 0.25) is 0 Å². The molecular weight excluding hydrogens is 204 g/mol. The minimum absolute atomic E-state index is 0.346. The lowest BCUT2D eigenvalue weighted by Gasteiger charge is -2.28. The van der Waals surface area contributed by atoms with Crippen molar-refractivity contribution >= 4 is 11.9 Å². The second kappa shape index (κ2) is 4.56. The van der Waals surface area contributed by atoms with E-state index in [0.717, 1.165) is 0 Å². The van der Waals surface area contributed by atoms with E-state index < -0.39 is 30.3 Å². The largest absolute Gasteiger partial charge is 0.480 e. The third kappa shape index (κ3) is 2.44. The highest BCUT2D eigenvalue weighted by Gasteiger charge is 2.38. The van der Waals surface area contributed by atoms with Crippen molar-refractivity contribution in [3.63, 3.8) is 0 Å². The van der Waals surface area contributed by atoms with Crippen molar-refractivity contribution in [1.82, 2.24) is 4.90 Å². The van der Waals surface area contributed by atoms with E-state index in [4.69, 9.17) is 15.9 Å². The maximum atomic E-state index is 10.8. The first-order chi connectivity index (χ1) is 6.95. The molecule has 1 saturated heterocycles. The number of carbonyl (C=O) groups is 2. The van der Waals surface area contributed by atoms with Gasteiger partial charge in [0.25, 0.3) is 0 Å². The van der Waals surface area contributed by atoms with Gasteiger partial charge >= 0.3 is 11.9 Å². The fraction of sp³-hybridized carbons (Fsp3) is 0.750. The number of likely N-dealkylation sites (tertiary alicyclic amines) is 1. The minimum atomic E-state index is -1.48. The van der Waals surface area contributed by atoms with Crippen LogP contribution in [0.2, 0.25) is 0 Å². The molecule has 0 radical (unpaired) electrons. The average molecular weight is 218 g/mol. The van der Waals surface area contributed by atoms with Crippen LogP contribution in [0.4, 0.5) is 0 Å². The molecule has 3 unspecified atom stereocenters. The molecule has 7 heteroatoms. The molecule has 0 aromatic carbocycles. The number of aliphatic hydroxyl groups is 1. The summed E-state index contributed by atoms with van der Waals surface area (Å²) in [6.45, 7) is 0.346. The molecule has 15 heavy (non-hydrogen) atoms. The SMILES string of the molecule is NC(C(=O)O)C(O)N1CCCC1C(=O)O. The predicted molar refractivity (Wildman–Crippen MR) is 49.0 cm³/mol. The number of nitrogens with two attached hydrogens (primary N) is 1. The summed E-state index contributed by atoms with van der Waals surface area (Å²) in [7, 11) is 0. The first-order valence-electron chi connectivity index (χ1n) is 4.60. The molecule has 0 aromatic heterocycles. The monoisotopic (exact) mass is 218 g/mol. The quantitative estimate of drug-likeness (QED) is 0.441. The standard InChI is InChI=1S/C8H14N2O5/c9-5(8(14)15)6(11)10-3-1-2-4(10)7(12)13/h4-6,11H,1-3,9H2,(H,12,13)(H,14,15). The Bertz CT molecular complexity index is 270. The van der Waals surface area contributed by atoms with Gasteiger partial charge in [-0.15, -0.1) is 0 Å². The van der Waals surface area contributed by atoms with Crippen LogP contribution in [-0.2, 0) is 9.59 Å². The smallest absolute Gasteiger partial charge is 0.324 e. The number of carboxylic acids is 2. The Morgan fingerprint density at radius 2 is 2.00 bits per heavy atom. The third-order valence-electron chi connectivity index (χ3n) is 2.53. The first kappa shape index (κ1) is 11.9. The Morgan fingerprint density at radius 1 is 1.40 bits per heavy atom. The summed E-state index contributed by atoms with van der Waals surface area (Å²) in [6, 6.07) is -2.32. The summed E-state index contributed by atoms with van der Waals surface area (Å²) in [4.78, 5) is 22.5. The molecular formula is C8H14N2O5. The molecule has 0 amide bonds. The zero-order chi connectivity index (χ0) is 11.6. The Labute approximate surface area is 86.1 Å². The van der Waals surface area contributed by atoms with Crippen molar-refractivity contribution < 1.29 is 24.9 Å². The zero-order valence-electron chi connectivity index (χ0n) is 8.04. The van der Waals surface area contributed by atoms with Crippen LogP contribution >= 0.6 is 0 Å². The highest BCUT2D eigenvalue weighted by molar-refractivity contribution is 5.75. The van der Waals surface area contributed by atoms with E-state index in [2.05, 4.69) is 0 Å². The predicted octanol–water partition coefficient (Wildman–Crippen LogP) is -1.73.